The van der Waals surface area contributed by atoms with E-state index in [-0.39, 0.29) is 5.56 Å². The Balaban J connectivity index is 3.37. The van der Waals surface area contributed by atoms with Crippen molar-refractivity contribution < 1.29 is 0 Å². The number of aromatic nitrogens is 1. The Morgan fingerprint density at radius 1 is 1.55 bits per heavy atom. The first-order valence-corrected chi connectivity index (χ1v) is 3.61. The van der Waals surface area contributed by atoms with E-state index in [4.69, 9.17) is 5.73 Å². The summed E-state index contributed by atoms with van der Waals surface area (Å²) in [5.41, 5.74) is 6.62. The minimum Gasteiger partial charge on any atom is -0.394 e. The van der Waals surface area contributed by atoms with Gasteiger partial charge in [0.1, 0.15) is 0 Å². The first-order valence-electron chi connectivity index (χ1n) is 3.61. The first kappa shape index (κ1) is 7.85. The maximum absolute atomic E-state index is 11.2. The Morgan fingerprint density at radius 3 is 2.73 bits per heavy atom. The third kappa shape index (κ3) is 1.27. The van der Waals surface area contributed by atoms with Crippen molar-refractivity contribution in [3.05, 3.63) is 28.2 Å². The lowest BCUT2D eigenvalue weighted by molar-refractivity contribution is 0.785. The molecular weight excluding hydrogens is 140 g/mol. The number of nitrogen functional groups attached to an aromatic ring is 1. The second-order valence-corrected chi connectivity index (χ2v) is 2.50. The van der Waals surface area contributed by atoms with Crippen molar-refractivity contribution in [1.82, 2.24) is 4.57 Å². The molecule has 3 nitrogen and oxygen atoms in total. The molecule has 1 aromatic heterocycles. The Hall–Kier alpha value is -1.25. The molecule has 0 bridgehead atoms. The molecule has 1 rings (SSSR count). The zero-order chi connectivity index (χ0) is 8.43. The molecule has 1 aromatic rings. The number of hydrogen-bond acceptors (Lipinski definition) is 2. The number of nitrogens with zero attached hydrogens (tertiary/aromatic N) is 1. The van der Waals surface area contributed by atoms with Crippen molar-refractivity contribution in [2.45, 2.75) is 13.3 Å². The highest BCUT2D eigenvalue weighted by molar-refractivity contribution is 5.35. The lowest BCUT2D eigenvalue weighted by Gasteiger charge is -2.05. The van der Waals surface area contributed by atoms with E-state index in [1.807, 2.05) is 13.0 Å². The number of aryl methyl sites for hydroxylation is 1. The lowest BCUT2D eigenvalue weighted by atomic mass is 10.2. The van der Waals surface area contributed by atoms with Crippen LogP contribution in [0.25, 0.3) is 0 Å². The highest BCUT2D eigenvalue weighted by Crippen LogP contribution is 1.98. The van der Waals surface area contributed by atoms with Crippen molar-refractivity contribution >= 4 is 5.69 Å². The summed E-state index contributed by atoms with van der Waals surface area (Å²) in [6.45, 7) is 2.00. The molecule has 60 valence electrons. The van der Waals surface area contributed by atoms with Crippen LogP contribution in [0.15, 0.2) is 16.9 Å². The van der Waals surface area contributed by atoms with E-state index in [0.29, 0.717) is 5.69 Å². The number of rotatable bonds is 1. The van der Waals surface area contributed by atoms with Crippen LogP contribution < -0.4 is 11.3 Å². The van der Waals surface area contributed by atoms with E-state index in [1.165, 1.54) is 0 Å². The number of anilines is 1. The zero-order valence-electron chi connectivity index (χ0n) is 6.79. The Bertz CT molecular complexity index is 314. The molecule has 0 aliphatic carbocycles. The van der Waals surface area contributed by atoms with Gasteiger partial charge in [-0.1, -0.05) is 6.92 Å². The summed E-state index contributed by atoms with van der Waals surface area (Å²) in [5.74, 6) is 0. The van der Waals surface area contributed by atoms with E-state index >= 15 is 0 Å². The molecule has 0 atom stereocenters. The maximum atomic E-state index is 11.2. The maximum Gasteiger partial charge on any atom is 0.273 e. The first-order chi connectivity index (χ1) is 5.16. The van der Waals surface area contributed by atoms with Gasteiger partial charge in [0.25, 0.3) is 5.56 Å². The fourth-order valence-electron chi connectivity index (χ4n) is 1.05. The average molecular weight is 152 g/mol. The minimum atomic E-state index is -0.107. The van der Waals surface area contributed by atoms with Crippen LogP contribution in [-0.4, -0.2) is 4.57 Å². The van der Waals surface area contributed by atoms with Crippen LogP contribution >= 0.6 is 0 Å². The summed E-state index contributed by atoms with van der Waals surface area (Å²) in [6.07, 6.45) is 0.853. The molecule has 0 fully saturated rings. The molecule has 0 saturated carbocycles. The van der Waals surface area contributed by atoms with Gasteiger partial charge in [0, 0.05) is 12.7 Å². The largest absolute Gasteiger partial charge is 0.394 e. The second kappa shape index (κ2) is 2.78. The van der Waals surface area contributed by atoms with E-state index in [2.05, 4.69) is 0 Å². The molecule has 0 saturated heterocycles. The van der Waals surface area contributed by atoms with Gasteiger partial charge in [0.05, 0.1) is 5.69 Å². The average Bonchev–Trinajstić information content (AvgIpc) is 2.01. The summed E-state index contributed by atoms with van der Waals surface area (Å²) in [6, 6.07) is 3.53. The third-order valence-corrected chi connectivity index (χ3v) is 1.80. The second-order valence-electron chi connectivity index (χ2n) is 2.50. The summed E-state index contributed by atoms with van der Waals surface area (Å²) in [4.78, 5) is 11.2. The molecule has 0 aliphatic heterocycles. The Kier molecular flexibility index (Phi) is 1.98. The summed E-state index contributed by atoms with van der Waals surface area (Å²) in [5, 5.41) is 0. The number of pyridine rings is 1. The quantitative estimate of drug-likeness (QED) is 0.638. The summed E-state index contributed by atoms with van der Waals surface area (Å²) >= 11 is 0. The van der Waals surface area contributed by atoms with Crippen molar-refractivity contribution in [1.29, 1.82) is 0 Å². The standard InChI is InChI=1S/C8H12N2O/c1-3-6-4-5-7(9)8(11)10(6)2/h4-5H,3,9H2,1-2H3. The topological polar surface area (TPSA) is 48.0 Å². The van der Waals surface area contributed by atoms with Crippen molar-refractivity contribution in [3.63, 3.8) is 0 Å². The molecule has 0 aliphatic rings. The van der Waals surface area contributed by atoms with Gasteiger partial charge in [-0.15, -0.1) is 0 Å². The van der Waals surface area contributed by atoms with E-state index in [9.17, 15) is 4.79 Å². The molecule has 0 spiro atoms. The molecule has 0 radical (unpaired) electrons. The van der Waals surface area contributed by atoms with E-state index < -0.39 is 0 Å². The SMILES string of the molecule is CCc1ccc(N)c(=O)n1C. The molecule has 0 aromatic carbocycles. The van der Waals surface area contributed by atoms with Crippen molar-refractivity contribution in [2.24, 2.45) is 7.05 Å². The van der Waals surface area contributed by atoms with Gasteiger partial charge in [-0.3, -0.25) is 4.79 Å². The van der Waals surface area contributed by atoms with Crippen molar-refractivity contribution in [2.75, 3.05) is 5.73 Å². The van der Waals surface area contributed by atoms with Gasteiger partial charge in [-0.25, -0.2) is 0 Å². The van der Waals surface area contributed by atoms with Gasteiger partial charge >= 0.3 is 0 Å². The minimum absolute atomic E-state index is 0.107. The summed E-state index contributed by atoms with van der Waals surface area (Å²) < 4.78 is 1.58. The molecule has 0 unspecified atom stereocenters. The van der Waals surface area contributed by atoms with Crippen LogP contribution in [0.5, 0.6) is 0 Å². The van der Waals surface area contributed by atoms with E-state index in [0.717, 1.165) is 12.1 Å². The Morgan fingerprint density at radius 2 is 2.18 bits per heavy atom. The smallest absolute Gasteiger partial charge is 0.273 e. The van der Waals surface area contributed by atoms with Crippen LogP contribution in [0.1, 0.15) is 12.6 Å². The predicted octanol–water partition coefficient (Wildman–Crippen LogP) is 0.530. The third-order valence-electron chi connectivity index (χ3n) is 1.80. The molecular formula is C8H12N2O. The highest BCUT2D eigenvalue weighted by atomic mass is 16.1. The molecule has 3 heteroatoms. The normalized spacial score (nSPS) is 10.0. The molecule has 1 heterocycles. The lowest BCUT2D eigenvalue weighted by Crippen LogP contribution is -2.22. The predicted molar refractivity (Wildman–Crippen MR) is 45.5 cm³/mol. The van der Waals surface area contributed by atoms with Crippen LogP contribution in [-0.2, 0) is 13.5 Å². The fraction of sp³-hybridized carbons (Fsp3) is 0.375. The van der Waals surface area contributed by atoms with Gasteiger partial charge in [0.2, 0.25) is 0 Å². The van der Waals surface area contributed by atoms with E-state index in [1.54, 1.807) is 17.7 Å². The van der Waals surface area contributed by atoms with Crippen LogP contribution in [0.3, 0.4) is 0 Å². The molecule has 2 N–H and O–H groups in total. The number of nitrogens with two attached hydrogens (primary N) is 1. The van der Waals surface area contributed by atoms with Crippen LogP contribution in [0, 0.1) is 0 Å². The molecule has 11 heavy (non-hydrogen) atoms. The molecule has 0 amide bonds. The fourth-order valence-corrected chi connectivity index (χ4v) is 1.05. The zero-order valence-corrected chi connectivity index (χ0v) is 6.79. The number of hydrogen-bond donors (Lipinski definition) is 1. The van der Waals surface area contributed by atoms with Crippen molar-refractivity contribution in [3.8, 4) is 0 Å². The van der Waals surface area contributed by atoms with Gasteiger partial charge in [-0.2, -0.15) is 0 Å². The Labute approximate surface area is 65.5 Å². The van der Waals surface area contributed by atoms with Crippen LogP contribution in [0.2, 0.25) is 0 Å². The van der Waals surface area contributed by atoms with Gasteiger partial charge in [0.15, 0.2) is 0 Å². The van der Waals surface area contributed by atoms with Crippen LogP contribution in [0.4, 0.5) is 5.69 Å². The highest BCUT2D eigenvalue weighted by Gasteiger charge is 1.99. The van der Waals surface area contributed by atoms with Gasteiger partial charge < -0.3 is 10.3 Å². The monoisotopic (exact) mass is 152 g/mol. The van der Waals surface area contributed by atoms with Gasteiger partial charge in [-0.05, 0) is 18.6 Å². The summed E-state index contributed by atoms with van der Waals surface area (Å²) in [7, 11) is 1.73.